The molecule has 0 aliphatic carbocycles. The first-order chi connectivity index (χ1) is 11.8. The Balaban J connectivity index is 1.29. The number of hydrogen-bond donors (Lipinski definition) is 0. The lowest BCUT2D eigenvalue weighted by atomic mass is 9.83. The van der Waals surface area contributed by atoms with E-state index in [1.54, 1.807) is 0 Å². The molecule has 0 amide bonds. The SMILES string of the molecule is c1ccc(CN2CCN(C3CCOC4(CCOCC4)C3)CC2)nc1. The molecule has 24 heavy (non-hydrogen) atoms. The van der Waals surface area contributed by atoms with E-state index in [2.05, 4.69) is 26.9 Å². The number of nitrogens with zero attached hydrogens (tertiary/aromatic N) is 3. The summed E-state index contributed by atoms with van der Waals surface area (Å²) in [5, 5.41) is 0. The molecule has 3 aliphatic heterocycles. The van der Waals surface area contributed by atoms with Gasteiger partial charge in [-0.05, 0) is 37.8 Å². The molecule has 5 heteroatoms. The van der Waals surface area contributed by atoms with Gasteiger partial charge in [0, 0.05) is 64.8 Å². The predicted molar refractivity (Wildman–Crippen MR) is 92.8 cm³/mol. The number of rotatable bonds is 3. The van der Waals surface area contributed by atoms with Crippen molar-refractivity contribution in [1.82, 2.24) is 14.8 Å². The normalized spacial score (nSPS) is 28.9. The van der Waals surface area contributed by atoms with Crippen molar-refractivity contribution in [3.8, 4) is 0 Å². The Morgan fingerprint density at radius 2 is 1.92 bits per heavy atom. The average molecular weight is 331 g/mol. The fourth-order valence-electron chi connectivity index (χ4n) is 4.41. The fourth-order valence-corrected chi connectivity index (χ4v) is 4.41. The van der Waals surface area contributed by atoms with E-state index in [1.165, 1.54) is 31.6 Å². The monoisotopic (exact) mass is 331 g/mol. The lowest BCUT2D eigenvalue weighted by Crippen LogP contribution is -2.55. The molecule has 1 spiro atoms. The minimum atomic E-state index is 0.103. The molecule has 1 aromatic rings. The van der Waals surface area contributed by atoms with Gasteiger partial charge in [-0.2, -0.15) is 0 Å². The van der Waals surface area contributed by atoms with E-state index < -0.39 is 0 Å². The van der Waals surface area contributed by atoms with Crippen LogP contribution in [0.3, 0.4) is 0 Å². The van der Waals surface area contributed by atoms with E-state index in [-0.39, 0.29) is 5.60 Å². The highest BCUT2D eigenvalue weighted by molar-refractivity contribution is 5.03. The molecule has 4 rings (SSSR count). The van der Waals surface area contributed by atoms with Gasteiger partial charge in [0.05, 0.1) is 11.3 Å². The smallest absolute Gasteiger partial charge is 0.0741 e. The van der Waals surface area contributed by atoms with Crippen LogP contribution in [0.1, 0.15) is 31.4 Å². The maximum atomic E-state index is 6.20. The second kappa shape index (κ2) is 7.48. The van der Waals surface area contributed by atoms with Crippen molar-refractivity contribution in [2.75, 3.05) is 46.0 Å². The van der Waals surface area contributed by atoms with E-state index in [1.807, 2.05) is 12.3 Å². The highest BCUT2D eigenvalue weighted by atomic mass is 16.5. The number of aromatic nitrogens is 1. The highest BCUT2D eigenvalue weighted by Gasteiger charge is 2.41. The minimum Gasteiger partial charge on any atom is -0.381 e. The van der Waals surface area contributed by atoms with Crippen LogP contribution in [-0.2, 0) is 16.0 Å². The van der Waals surface area contributed by atoms with Crippen LogP contribution in [0.5, 0.6) is 0 Å². The molecular formula is C19H29N3O2. The molecule has 4 heterocycles. The molecule has 1 unspecified atom stereocenters. The third-order valence-corrected chi connectivity index (χ3v) is 5.91. The molecule has 0 radical (unpaired) electrons. The van der Waals surface area contributed by atoms with Crippen molar-refractivity contribution in [3.63, 3.8) is 0 Å². The standard InChI is InChI=1S/C19H29N3O2/c1-2-7-20-17(3-1)16-21-8-10-22(11-9-21)18-4-12-24-19(15-18)5-13-23-14-6-19/h1-3,7,18H,4-6,8-16H2. The van der Waals surface area contributed by atoms with Gasteiger partial charge >= 0.3 is 0 Å². The van der Waals surface area contributed by atoms with Crippen molar-refractivity contribution in [1.29, 1.82) is 0 Å². The van der Waals surface area contributed by atoms with E-state index >= 15 is 0 Å². The summed E-state index contributed by atoms with van der Waals surface area (Å²) in [6.45, 7) is 8.25. The molecule has 132 valence electrons. The van der Waals surface area contributed by atoms with Crippen LogP contribution in [-0.4, -0.2) is 72.4 Å². The first-order valence-corrected chi connectivity index (χ1v) is 9.41. The number of pyridine rings is 1. The maximum absolute atomic E-state index is 6.20. The highest BCUT2D eigenvalue weighted by Crippen LogP contribution is 2.36. The van der Waals surface area contributed by atoms with Crippen molar-refractivity contribution in [3.05, 3.63) is 30.1 Å². The van der Waals surface area contributed by atoms with Crippen LogP contribution >= 0.6 is 0 Å². The summed E-state index contributed by atoms with van der Waals surface area (Å²) in [5.41, 5.74) is 1.28. The Kier molecular flexibility index (Phi) is 5.13. The van der Waals surface area contributed by atoms with Gasteiger partial charge in [0.25, 0.3) is 0 Å². The van der Waals surface area contributed by atoms with E-state index in [9.17, 15) is 0 Å². The topological polar surface area (TPSA) is 37.8 Å². The molecule has 0 bridgehead atoms. The van der Waals surface area contributed by atoms with Crippen LogP contribution in [0.15, 0.2) is 24.4 Å². The zero-order chi connectivity index (χ0) is 16.2. The molecule has 1 aromatic heterocycles. The summed E-state index contributed by atoms with van der Waals surface area (Å²) < 4.78 is 11.7. The molecule has 0 aromatic carbocycles. The summed E-state index contributed by atoms with van der Waals surface area (Å²) in [5.74, 6) is 0. The molecule has 1 atom stereocenters. The lowest BCUT2D eigenvalue weighted by molar-refractivity contribution is -0.153. The molecule has 3 aliphatic rings. The Morgan fingerprint density at radius 3 is 2.67 bits per heavy atom. The molecule has 3 saturated heterocycles. The summed E-state index contributed by atoms with van der Waals surface area (Å²) >= 11 is 0. The molecule has 0 saturated carbocycles. The number of hydrogen-bond acceptors (Lipinski definition) is 5. The van der Waals surface area contributed by atoms with Crippen LogP contribution in [0.4, 0.5) is 0 Å². The Labute approximate surface area is 144 Å². The van der Waals surface area contributed by atoms with Crippen molar-refractivity contribution < 1.29 is 9.47 Å². The zero-order valence-corrected chi connectivity index (χ0v) is 14.5. The Morgan fingerprint density at radius 1 is 1.08 bits per heavy atom. The molecule has 3 fully saturated rings. The summed E-state index contributed by atoms with van der Waals surface area (Å²) in [6.07, 6.45) is 6.41. The quantitative estimate of drug-likeness (QED) is 0.846. The summed E-state index contributed by atoms with van der Waals surface area (Å²) in [6, 6.07) is 6.88. The van der Waals surface area contributed by atoms with E-state index in [0.717, 1.165) is 52.3 Å². The van der Waals surface area contributed by atoms with Gasteiger partial charge in [0.2, 0.25) is 0 Å². The first-order valence-electron chi connectivity index (χ1n) is 9.41. The van der Waals surface area contributed by atoms with Crippen LogP contribution in [0.25, 0.3) is 0 Å². The van der Waals surface area contributed by atoms with E-state index in [4.69, 9.17) is 9.47 Å². The van der Waals surface area contributed by atoms with Gasteiger partial charge < -0.3 is 9.47 Å². The number of piperazine rings is 1. The maximum Gasteiger partial charge on any atom is 0.0741 e. The third-order valence-electron chi connectivity index (χ3n) is 5.91. The zero-order valence-electron chi connectivity index (χ0n) is 14.5. The van der Waals surface area contributed by atoms with Crippen molar-refractivity contribution >= 4 is 0 Å². The van der Waals surface area contributed by atoms with E-state index in [0.29, 0.717) is 6.04 Å². The Bertz CT molecular complexity index is 505. The molecule has 5 nitrogen and oxygen atoms in total. The summed E-state index contributed by atoms with van der Waals surface area (Å²) in [7, 11) is 0. The third kappa shape index (κ3) is 3.80. The van der Waals surface area contributed by atoms with Crippen LogP contribution in [0, 0.1) is 0 Å². The predicted octanol–water partition coefficient (Wildman–Crippen LogP) is 1.93. The van der Waals surface area contributed by atoms with Crippen LogP contribution in [0.2, 0.25) is 0 Å². The lowest BCUT2D eigenvalue weighted by Gasteiger charge is -2.48. The second-order valence-corrected chi connectivity index (χ2v) is 7.42. The van der Waals surface area contributed by atoms with Crippen molar-refractivity contribution in [2.45, 2.75) is 43.9 Å². The van der Waals surface area contributed by atoms with Gasteiger partial charge in [0.1, 0.15) is 0 Å². The average Bonchev–Trinajstić information content (AvgIpc) is 2.64. The van der Waals surface area contributed by atoms with Gasteiger partial charge in [-0.3, -0.25) is 14.8 Å². The molecule has 0 N–H and O–H groups in total. The largest absolute Gasteiger partial charge is 0.381 e. The Hall–Kier alpha value is -1.01. The van der Waals surface area contributed by atoms with Gasteiger partial charge in [0.15, 0.2) is 0 Å². The van der Waals surface area contributed by atoms with Gasteiger partial charge in [-0.15, -0.1) is 0 Å². The number of ether oxygens (including phenoxy) is 2. The first kappa shape index (κ1) is 16.5. The van der Waals surface area contributed by atoms with Gasteiger partial charge in [-0.1, -0.05) is 6.07 Å². The molecular weight excluding hydrogens is 302 g/mol. The van der Waals surface area contributed by atoms with Gasteiger partial charge in [-0.25, -0.2) is 0 Å². The summed E-state index contributed by atoms with van der Waals surface area (Å²) in [4.78, 5) is 9.69. The van der Waals surface area contributed by atoms with Crippen LogP contribution < -0.4 is 0 Å². The fraction of sp³-hybridized carbons (Fsp3) is 0.737. The second-order valence-electron chi connectivity index (χ2n) is 7.42. The minimum absolute atomic E-state index is 0.103. The van der Waals surface area contributed by atoms with Crippen molar-refractivity contribution in [2.24, 2.45) is 0 Å².